The number of guanidine groups is 1. The Hall–Kier alpha value is -2.34. The summed E-state index contributed by atoms with van der Waals surface area (Å²) in [5.41, 5.74) is 2.47. The molecule has 1 aromatic heterocycles. The Labute approximate surface area is 156 Å². The average molecular weight is 358 g/mol. The first kappa shape index (κ1) is 20.0. The largest absolute Gasteiger partial charge is 0.385 e. The SMILES string of the molecule is CCNC(=NCc1ccccc1Cn1cccn1)NCCCCCOC. The van der Waals surface area contributed by atoms with E-state index in [9.17, 15) is 0 Å². The van der Waals surface area contributed by atoms with Crippen molar-refractivity contribution in [3.8, 4) is 0 Å². The Morgan fingerprint density at radius 3 is 2.69 bits per heavy atom. The number of nitrogens with one attached hydrogen (secondary N) is 2. The molecule has 26 heavy (non-hydrogen) atoms. The van der Waals surface area contributed by atoms with Crippen LogP contribution in [0.1, 0.15) is 37.3 Å². The Balaban J connectivity index is 1.89. The second-order valence-electron chi connectivity index (χ2n) is 6.15. The predicted octanol–water partition coefficient (Wildman–Crippen LogP) is 2.80. The molecule has 142 valence electrons. The third-order valence-corrected chi connectivity index (χ3v) is 4.08. The van der Waals surface area contributed by atoms with Crippen molar-refractivity contribution >= 4 is 5.96 Å². The first-order chi connectivity index (χ1) is 12.8. The molecule has 2 rings (SSSR count). The van der Waals surface area contributed by atoms with Gasteiger partial charge in [0.15, 0.2) is 5.96 Å². The van der Waals surface area contributed by atoms with E-state index in [2.05, 4.69) is 46.9 Å². The molecule has 0 radical (unpaired) electrons. The first-order valence-electron chi connectivity index (χ1n) is 9.38. The van der Waals surface area contributed by atoms with Crippen molar-refractivity contribution in [1.82, 2.24) is 20.4 Å². The van der Waals surface area contributed by atoms with Crippen LogP contribution in [0.4, 0.5) is 0 Å². The molecule has 2 N–H and O–H groups in total. The molecular weight excluding hydrogens is 326 g/mol. The highest BCUT2D eigenvalue weighted by Gasteiger charge is 2.04. The maximum atomic E-state index is 5.08. The van der Waals surface area contributed by atoms with E-state index in [1.165, 1.54) is 11.1 Å². The van der Waals surface area contributed by atoms with Gasteiger partial charge in [0.1, 0.15) is 0 Å². The lowest BCUT2D eigenvalue weighted by Gasteiger charge is -2.12. The van der Waals surface area contributed by atoms with E-state index >= 15 is 0 Å². The van der Waals surface area contributed by atoms with E-state index in [1.54, 1.807) is 13.3 Å². The molecular formula is C20H31N5O. The van der Waals surface area contributed by atoms with Gasteiger partial charge in [-0.05, 0) is 43.4 Å². The lowest BCUT2D eigenvalue weighted by molar-refractivity contribution is 0.192. The normalized spacial score (nSPS) is 11.5. The van der Waals surface area contributed by atoms with Crippen LogP contribution in [-0.4, -0.2) is 42.5 Å². The van der Waals surface area contributed by atoms with Gasteiger partial charge in [-0.15, -0.1) is 0 Å². The average Bonchev–Trinajstić information content (AvgIpc) is 3.16. The molecule has 2 aromatic rings. The monoisotopic (exact) mass is 357 g/mol. The predicted molar refractivity (Wildman–Crippen MR) is 106 cm³/mol. The molecule has 1 aromatic carbocycles. The summed E-state index contributed by atoms with van der Waals surface area (Å²) in [4.78, 5) is 4.75. The van der Waals surface area contributed by atoms with Gasteiger partial charge in [0, 0.05) is 39.2 Å². The van der Waals surface area contributed by atoms with Crippen molar-refractivity contribution in [2.45, 2.75) is 39.3 Å². The van der Waals surface area contributed by atoms with Crippen LogP contribution in [0.25, 0.3) is 0 Å². The van der Waals surface area contributed by atoms with Crippen molar-refractivity contribution in [3.63, 3.8) is 0 Å². The van der Waals surface area contributed by atoms with Gasteiger partial charge in [-0.25, -0.2) is 4.99 Å². The van der Waals surface area contributed by atoms with Crippen molar-refractivity contribution in [2.75, 3.05) is 26.8 Å². The summed E-state index contributed by atoms with van der Waals surface area (Å²) in [5.74, 6) is 0.869. The topological polar surface area (TPSA) is 63.5 Å². The number of aliphatic imine (C=N–C) groups is 1. The minimum absolute atomic E-state index is 0.649. The summed E-state index contributed by atoms with van der Waals surface area (Å²) in [6.45, 7) is 6.11. The Morgan fingerprint density at radius 2 is 1.96 bits per heavy atom. The molecule has 6 heteroatoms. The van der Waals surface area contributed by atoms with Gasteiger partial charge < -0.3 is 15.4 Å². The van der Waals surface area contributed by atoms with Gasteiger partial charge in [0.2, 0.25) is 0 Å². The summed E-state index contributed by atoms with van der Waals surface area (Å²) in [5, 5.41) is 11.0. The van der Waals surface area contributed by atoms with Crippen LogP contribution < -0.4 is 10.6 Å². The molecule has 0 saturated heterocycles. The van der Waals surface area contributed by atoms with E-state index in [0.29, 0.717) is 6.54 Å². The van der Waals surface area contributed by atoms with E-state index in [0.717, 1.165) is 51.5 Å². The zero-order valence-electron chi connectivity index (χ0n) is 15.9. The second-order valence-corrected chi connectivity index (χ2v) is 6.15. The highest BCUT2D eigenvalue weighted by molar-refractivity contribution is 5.79. The van der Waals surface area contributed by atoms with Crippen molar-refractivity contribution < 1.29 is 4.74 Å². The van der Waals surface area contributed by atoms with Gasteiger partial charge in [-0.2, -0.15) is 5.10 Å². The molecule has 1 heterocycles. The minimum Gasteiger partial charge on any atom is -0.385 e. The van der Waals surface area contributed by atoms with Crippen LogP contribution in [0.15, 0.2) is 47.7 Å². The zero-order valence-corrected chi connectivity index (χ0v) is 15.9. The fraction of sp³-hybridized carbons (Fsp3) is 0.500. The molecule has 0 atom stereocenters. The van der Waals surface area contributed by atoms with E-state index in [4.69, 9.17) is 9.73 Å². The van der Waals surface area contributed by atoms with Gasteiger partial charge in [-0.3, -0.25) is 4.68 Å². The smallest absolute Gasteiger partial charge is 0.191 e. The molecule has 0 spiro atoms. The second kappa shape index (κ2) is 12.1. The van der Waals surface area contributed by atoms with Crippen LogP contribution in [0, 0.1) is 0 Å². The summed E-state index contributed by atoms with van der Waals surface area (Å²) in [6, 6.07) is 10.4. The van der Waals surface area contributed by atoms with Crippen LogP contribution in [0.5, 0.6) is 0 Å². The number of nitrogens with zero attached hydrogens (tertiary/aromatic N) is 3. The lowest BCUT2D eigenvalue weighted by atomic mass is 10.1. The molecule has 0 aliphatic heterocycles. The first-order valence-corrected chi connectivity index (χ1v) is 9.38. The summed E-state index contributed by atoms with van der Waals surface area (Å²) < 4.78 is 7.02. The van der Waals surface area contributed by atoms with E-state index in [-0.39, 0.29) is 0 Å². The zero-order chi connectivity index (χ0) is 18.5. The van der Waals surface area contributed by atoms with E-state index < -0.39 is 0 Å². The molecule has 0 bridgehead atoms. The maximum absolute atomic E-state index is 5.08. The molecule has 0 aliphatic carbocycles. The fourth-order valence-electron chi connectivity index (χ4n) is 2.70. The standard InChI is InChI=1S/C20H31N5O/c1-3-21-20(22-12-7-4-8-15-26-2)23-16-18-10-5-6-11-19(18)17-25-14-9-13-24-25/h5-6,9-11,13-14H,3-4,7-8,12,15-17H2,1-2H3,(H2,21,22,23). The summed E-state index contributed by atoms with van der Waals surface area (Å²) in [7, 11) is 1.75. The number of ether oxygens (including phenoxy) is 1. The van der Waals surface area contributed by atoms with Crippen molar-refractivity contribution in [1.29, 1.82) is 0 Å². The number of aromatic nitrogens is 2. The third kappa shape index (κ3) is 7.27. The minimum atomic E-state index is 0.649. The number of unbranched alkanes of at least 4 members (excludes halogenated alkanes) is 2. The Morgan fingerprint density at radius 1 is 1.12 bits per heavy atom. The Bertz CT molecular complexity index is 639. The highest BCUT2D eigenvalue weighted by Crippen LogP contribution is 2.11. The van der Waals surface area contributed by atoms with Crippen LogP contribution in [-0.2, 0) is 17.8 Å². The van der Waals surface area contributed by atoms with Crippen LogP contribution in [0.2, 0.25) is 0 Å². The van der Waals surface area contributed by atoms with Crippen molar-refractivity contribution in [2.24, 2.45) is 4.99 Å². The number of hydrogen-bond acceptors (Lipinski definition) is 3. The van der Waals surface area contributed by atoms with Gasteiger partial charge >= 0.3 is 0 Å². The number of hydrogen-bond donors (Lipinski definition) is 2. The molecule has 6 nitrogen and oxygen atoms in total. The molecule has 0 unspecified atom stereocenters. The quantitative estimate of drug-likeness (QED) is 0.369. The van der Waals surface area contributed by atoms with Gasteiger partial charge in [0.05, 0.1) is 13.1 Å². The number of rotatable bonds is 11. The van der Waals surface area contributed by atoms with Crippen LogP contribution in [0.3, 0.4) is 0 Å². The number of methoxy groups -OCH3 is 1. The maximum Gasteiger partial charge on any atom is 0.191 e. The summed E-state index contributed by atoms with van der Waals surface area (Å²) >= 11 is 0. The third-order valence-electron chi connectivity index (χ3n) is 4.08. The molecule has 0 fully saturated rings. The fourth-order valence-corrected chi connectivity index (χ4v) is 2.70. The van der Waals surface area contributed by atoms with Crippen LogP contribution >= 0.6 is 0 Å². The lowest BCUT2D eigenvalue weighted by Crippen LogP contribution is -2.37. The van der Waals surface area contributed by atoms with Gasteiger partial charge in [0.25, 0.3) is 0 Å². The molecule has 0 amide bonds. The molecule has 0 saturated carbocycles. The van der Waals surface area contributed by atoms with Gasteiger partial charge in [-0.1, -0.05) is 24.3 Å². The summed E-state index contributed by atoms with van der Waals surface area (Å²) in [6.07, 6.45) is 7.17. The van der Waals surface area contributed by atoms with E-state index in [1.807, 2.05) is 16.9 Å². The Kier molecular flexibility index (Phi) is 9.29. The molecule has 0 aliphatic rings. The van der Waals surface area contributed by atoms with Crippen molar-refractivity contribution in [3.05, 3.63) is 53.9 Å². The highest BCUT2D eigenvalue weighted by atomic mass is 16.5. The number of benzene rings is 1.